The van der Waals surface area contributed by atoms with Crippen LogP contribution in [0.3, 0.4) is 0 Å². The van der Waals surface area contributed by atoms with Gasteiger partial charge in [-0.1, -0.05) is 23.8 Å². The summed E-state index contributed by atoms with van der Waals surface area (Å²) in [6.07, 6.45) is -0.533. The van der Waals surface area contributed by atoms with E-state index >= 15 is 0 Å². The average molecular weight is 262 g/mol. The molecule has 2 rings (SSSR count). The quantitative estimate of drug-likeness (QED) is 0.831. The van der Waals surface area contributed by atoms with E-state index < -0.39 is 13.2 Å². The molecule has 19 heavy (non-hydrogen) atoms. The zero-order chi connectivity index (χ0) is 14.4. The minimum absolute atomic E-state index is 0.363. The van der Waals surface area contributed by atoms with Gasteiger partial charge in [-0.25, -0.2) is 0 Å². The highest BCUT2D eigenvalue weighted by atomic mass is 16.7. The molecule has 1 unspecified atom stereocenters. The molecule has 104 valence electrons. The number of aliphatic hydroxyl groups excluding tert-OH is 1. The Morgan fingerprint density at radius 1 is 1.11 bits per heavy atom. The molecular weight excluding hydrogens is 239 g/mol. The van der Waals surface area contributed by atoms with E-state index in [1.165, 1.54) is 0 Å². The molecule has 1 atom stereocenters. The second-order valence-corrected chi connectivity index (χ2v) is 6.40. The van der Waals surface area contributed by atoms with Crippen LogP contribution in [0.1, 0.15) is 51.8 Å². The van der Waals surface area contributed by atoms with Crippen LogP contribution >= 0.6 is 0 Å². The van der Waals surface area contributed by atoms with E-state index in [9.17, 15) is 5.11 Å². The monoisotopic (exact) mass is 262 g/mol. The van der Waals surface area contributed by atoms with Crippen LogP contribution in [-0.2, 0) is 9.31 Å². The molecule has 1 aromatic carbocycles. The Morgan fingerprint density at radius 2 is 1.63 bits per heavy atom. The highest BCUT2D eigenvalue weighted by Crippen LogP contribution is 2.37. The smallest absolute Gasteiger partial charge is 0.399 e. The topological polar surface area (TPSA) is 38.7 Å². The maximum absolute atomic E-state index is 9.94. The Morgan fingerprint density at radius 3 is 2.11 bits per heavy atom. The predicted octanol–water partition coefficient (Wildman–Crippen LogP) is 2.35. The number of hydrogen-bond acceptors (Lipinski definition) is 3. The van der Waals surface area contributed by atoms with Crippen LogP contribution in [0.2, 0.25) is 0 Å². The van der Waals surface area contributed by atoms with Crippen LogP contribution < -0.4 is 5.46 Å². The first-order valence-electron chi connectivity index (χ1n) is 6.78. The molecule has 0 aromatic heterocycles. The predicted molar refractivity (Wildman–Crippen MR) is 77.5 cm³/mol. The molecule has 0 aliphatic carbocycles. The fraction of sp³-hybridized carbons (Fsp3) is 0.600. The van der Waals surface area contributed by atoms with Gasteiger partial charge in [0.15, 0.2) is 0 Å². The van der Waals surface area contributed by atoms with Crippen LogP contribution in [0.25, 0.3) is 0 Å². The van der Waals surface area contributed by atoms with Crippen LogP contribution in [0, 0.1) is 6.92 Å². The SMILES string of the molecule is Cc1ccc(B2OC(C)(C)C(C)(C)O2)c(C(C)O)c1. The van der Waals surface area contributed by atoms with Crippen molar-refractivity contribution < 1.29 is 14.4 Å². The third-order valence-corrected chi connectivity index (χ3v) is 4.20. The summed E-state index contributed by atoms with van der Waals surface area (Å²) >= 11 is 0. The first kappa shape index (κ1) is 14.6. The van der Waals surface area contributed by atoms with E-state index in [1.807, 2.05) is 52.8 Å². The normalized spacial score (nSPS) is 22.6. The molecule has 0 saturated carbocycles. The summed E-state index contributed by atoms with van der Waals surface area (Å²) in [4.78, 5) is 0. The summed E-state index contributed by atoms with van der Waals surface area (Å²) in [6.45, 7) is 11.9. The molecule has 3 nitrogen and oxygen atoms in total. The zero-order valence-electron chi connectivity index (χ0n) is 12.7. The Labute approximate surface area is 116 Å². The minimum Gasteiger partial charge on any atom is -0.399 e. The van der Waals surface area contributed by atoms with Gasteiger partial charge < -0.3 is 14.4 Å². The van der Waals surface area contributed by atoms with Gasteiger partial charge in [0.1, 0.15) is 0 Å². The van der Waals surface area contributed by atoms with E-state index in [0.29, 0.717) is 0 Å². The van der Waals surface area contributed by atoms with Crippen LogP contribution in [0.4, 0.5) is 0 Å². The second-order valence-electron chi connectivity index (χ2n) is 6.40. The fourth-order valence-electron chi connectivity index (χ4n) is 2.24. The van der Waals surface area contributed by atoms with Crippen molar-refractivity contribution in [1.82, 2.24) is 0 Å². The van der Waals surface area contributed by atoms with Gasteiger partial charge >= 0.3 is 7.12 Å². The first-order valence-corrected chi connectivity index (χ1v) is 6.78. The average Bonchev–Trinajstić information content (AvgIpc) is 2.47. The summed E-state index contributed by atoms with van der Waals surface area (Å²) < 4.78 is 12.1. The van der Waals surface area contributed by atoms with E-state index in [2.05, 4.69) is 0 Å². The van der Waals surface area contributed by atoms with Crippen LogP contribution in [0.15, 0.2) is 18.2 Å². The van der Waals surface area contributed by atoms with Crippen molar-refractivity contribution in [3.63, 3.8) is 0 Å². The van der Waals surface area contributed by atoms with Crippen LogP contribution in [-0.4, -0.2) is 23.4 Å². The number of hydrogen-bond donors (Lipinski definition) is 1. The molecule has 4 heteroatoms. The van der Waals surface area contributed by atoms with Crippen molar-refractivity contribution in [3.8, 4) is 0 Å². The molecule has 1 N–H and O–H groups in total. The molecule has 0 spiro atoms. The molecule has 1 heterocycles. The Kier molecular flexibility index (Phi) is 3.54. The zero-order valence-corrected chi connectivity index (χ0v) is 12.7. The van der Waals surface area contributed by atoms with Gasteiger partial charge in [-0.05, 0) is 52.6 Å². The van der Waals surface area contributed by atoms with E-state index in [4.69, 9.17) is 9.31 Å². The molecule has 1 fully saturated rings. The number of aryl methyl sites for hydroxylation is 1. The van der Waals surface area contributed by atoms with Crippen molar-refractivity contribution >= 4 is 12.6 Å². The standard InChI is InChI=1S/C15H23BO3/c1-10-7-8-13(12(9-10)11(2)17)16-18-14(3,4)15(5,6)19-16/h7-9,11,17H,1-6H3. The van der Waals surface area contributed by atoms with Crippen molar-refractivity contribution in [1.29, 1.82) is 0 Å². The van der Waals surface area contributed by atoms with Crippen molar-refractivity contribution in [2.24, 2.45) is 0 Å². The Balaban J connectivity index is 2.39. The van der Waals surface area contributed by atoms with Crippen LogP contribution in [0.5, 0.6) is 0 Å². The molecule has 1 aliphatic heterocycles. The highest BCUT2D eigenvalue weighted by Gasteiger charge is 2.52. The molecule has 1 aliphatic rings. The summed E-state index contributed by atoms with van der Waals surface area (Å²) in [5.41, 5.74) is 2.19. The van der Waals surface area contributed by atoms with Gasteiger partial charge in [0.25, 0.3) is 0 Å². The molecule has 0 amide bonds. The number of rotatable bonds is 2. The minimum atomic E-state index is -0.533. The molecule has 0 radical (unpaired) electrons. The highest BCUT2D eigenvalue weighted by molar-refractivity contribution is 6.62. The van der Waals surface area contributed by atoms with E-state index in [0.717, 1.165) is 16.6 Å². The van der Waals surface area contributed by atoms with Crippen molar-refractivity contribution in [2.75, 3.05) is 0 Å². The lowest BCUT2D eigenvalue weighted by atomic mass is 9.74. The number of aliphatic hydroxyl groups is 1. The lowest BCUT2D eigenvalue weighted by molar-refractivity contribution is 0.00578. The lowest BCUT2D eigenvalue weighted by Crippen LogP contribution is -2.41. The van der Waals surface area contributed by atoms with Gasteiger partial charge in [-0.2, -0.15) is 0 Å². The van der Waals surface area contributed by atoms with Gasteiger partial charge in [0.05, 0.1) is 17.3 Å². The molecule has 1 aromatic rings. The van der Waals surface area contributed by atoms with Crippen molar-refractivity contribution in [2.45, 2.75) is 58.8 Å². The van der Waals surface area contributed by atoms with E-state index in [1.54, 1.807) is 6.92 Å². The first-order chi connectivity index (χ1) is 8.64. The third kappa shape index (κ3) is 2.57. The van der Waals surface area contributed by atoms with Crippen molar-refractivity contribution in [3.05, 3.63) is 29.3 Å². The number of benzene rings is 1. The maximum Gasteiger partial charge on any atom is 0.495 e. The summed E-state index contributed by atoms with van der Waals surface area (Å²) in [5, 5.41) is 9.94. The second kappa shape index (κ2) is 4.62. The van der Waals surface area contributed by atoms with Gasteiger partial charge in [0, 0.05) is 0 Å². The third-order valence-electron chi connectivity index (χ3n) is 4.20. The molecule has 1 saturated heterocycles. The summed E-state index contributed by atoms with van der Waals surface area (Å²) in [6, 6.07) is 6.00. The van der Waals surface area contributed by atoms with Gasteiger partial charge in [-0.3, -0.25) is 0 Å². The Hall–Kier alpha value is -0.835. The summed E-state index contributed by atoms with van der Waals surface area (Å²) in [5.74, 6) is 0. The Bertz CT molecular complexity index is 464. The van der Waals surface area contributed by atoms with Gasteiger partial charge in [-0.15, -0.1) is 0 Å². The molecular formula is C15H23BO3. The molecule has 0 bridgehead atoms. The van der Waals surface area contributed by atoms with E-state index in [-0.39, 0.29) is 11.2 Å². The largest absolute Gasteiger partial charge is 0.495 e. The maximum atomic E-state index is 9.94. The fourth-order valence-corrected chi connectivity index (χ4v) is 2.24. The van der Waals surface area contributed by atoms with Gasteiger partial charge in [0.2, 0.25) is 0 Å². The summed E-state index contributed by atoms with van der Waals surface area (Å²) in [7, 11) is -0.421. The lowest BCUT2D eigenvalue weighted by Gasteiger charge is -2.32.